The van der Waals surface area contributed by atoms with E-state index in [0.717, 1.165) is 12.1 Å². The smallest absolute Gasteiger partial charge is 0.296 e. The first-order valence-corrected chi connectivity index (χ1v) is 9.22. The van der Waals surface area contributed by atoms with Crippen LogP contribution in [-0.4, -0.2) is 30.5 Å². The van der Waals surface area contributed by atoms with Gasteiger partial charge in [0.1, 0.15) is 5.82 Å². The molecule has 2 N–H and O–H groups in total. The zero-order valence-corrected chi connectivity index (χ0v) is 15.9. The molecule has 1 aliphatic carbocycles. The average molecular weight is 419 g/mol. The van der Waals surface area contributed by atoms with E-state index in [0.29, 0.717) is 29.5 Å². The molecule has 2 aromatic rings. The van der Waals surface area contributed by atoms with Gasteiger partial charge in [0.05, 0.1) is 0 Å². The second-order valence-corrected chi connectivity index (χ2v) is 6.96. The predicted octanol–water partition coefficient (Wildman–Crippen LogP) is 2.81. The number of carbonyl (C=O) groups excluding carboxylic acids is 2. The number of hydrogen-bond acceptors (Lipinski definition) is 3. The van der Waals surface area contributed by atoms with E-state index >= 15 is 0 Å². The summed E-state index contributed by atoms with van der Waals surface area (Å²) in [7, 11) is 0. The van der Waals surface area contributed by atoms with Crippen molar-refractivity contribution in [3.05, 3.63) is 64.7 Å². The topological polar surface area (TPSA) is 67.4 Å². The number of ether oxygens (including phenoxy) is 1. The molecule has 0 unspecified atom stereocenters. The van der Waals surface area contributed by atoms with Gasteiger partial charge >= 0.3 is 0 Å². The maximum Gasteiger partial charge on any atom is 0.296 e. The molecular formula is C21H17ClF2N2O3. The molecule has 0 aliphatic heterocycles. The van der Waals surface area contributed by atoms with Crippen LogP contribution in [0.25, 0.3) is 0 Å². The van der Waals surface area contributed by atoms with E-state index in [9.17, 15) is 18.4 Å². The third-order valence-corrected chi connectivity index (χ3v) is 4.51. The molecule has 150 valence electrons. The maximum atomic E-state index is 13.4. The van der Waals surface area contributed by atoms with Gasteiger partial charge in [-0.25, -0.2) is 8.78 Å². The van der Waals surface area contributed by atoms with Gasteiger partial charge in [-0.1, -0.05) is 17.5 Å². The first kappa shape index (κ1) is 20.6. The summed E-state index contributed by atoms with van der Waals surface area (Å²) >= 11 is 5.79. The number of carbonyl (C=O) groups is 2. The standard InChI is InChI=1S/C21H17ClF2N2O3/c22-14-4-1-13(2-5-14)3-8-20(27)25-16-10-17(11-16)26-21(28)12-29-19-7-6-15(23)9-18(19)24/h1-2,4-7,9,16-17H,10-12H2,(H,25,27)(H,26,28). The van der Waals surface area contributed by atoms with Crippen molar-refractivity contribution in [3.8, 4) is 17.6 Å². The van der Waals surface area contributed by atoms with Gasteiger partial charge in [0.2, 0.25) is 0 Å². The van der Waals surface area contributed by atoms with Gasteiger partial charge in [-0.2, -0.15) is 0 Å². The Morgan fingerprint density at radius 3 is 2.45 bits per heavy atom. The highest BCUT2D eigenvalue weighted by atomic mass is 35.5. The van der Waals surface area contributed by atoms with Crippen LogP contribution in [0.3, 0.4) is 0 Å². The molecular weight excluding hydrogens is 402 g/mol. The zero-order chi connectivity index (χ0) is 20.8. The lowest BCUT2D eigenvalue weighted by atomic mass is 9.86. The predicted molar refractivity (Wildman–Crippen MR) is 103 cm³/mol. The molecule has 0 atom stereocenters. The van der Waals surface area contributed by atoms with Gasteiger partial charge < -0.3 is 15.4 Å². The third kappa shape index (κ3) is 6.19. The van der Waals surface area contributed by atoms with Crippen LogP contribution in [0.1, 0.15) is 18.4 Å². The van der Waals surface area contributed by atoms with Crippen LogP contribution in [0.5, 0.6) is 5.75 Å². The van der Waals surface area contributed by atoms with Crippen LogP contribution in [-0.2, 0) is 9.59 Å². The molecule has 5 nitrogen and oxygen atoms in total. The fourth-order valence-corrected chi connectivity index (χ4v) is 2.87. The van der Waals surface area contributed by atoms with Crippen molar-refractivity contribution in [2.45, 2.75) is 24.9 Å². The first-order chi connectivity index (χ1) is 13.9. The molecule has 0 aromatic heterocycles. The van der Waals surface area contributed by atoms with Crippen molar-refractivity contribution < 1.29 is 23.1 Å². The minimum absolute atomic E-state index is 0.0808. The second kappa shape index (κ2) is 9.39. The van der Waals surface area contributed by atoms with Gasteiger partial charge in [0.25, 0.3) is 11.8 Å². The number of halogens is 3. The lowest BCUT2D eigenvalue weighted by Gasteiger charge is -2.35. The number of hydrogen-bond donors (Lipinski definition) is 2. The van der Waals surface area contributed by atoms with Gasteiger partial charge in [0, 0.05) is 34.7 Å². The van der Waals surface area contributed by atoms with Crippen LogP contribution in [0.2, 0.25) is 5.02 Å². The van der Waals surface area contributed by atoms with Gasteiger partial charge in [-0.05, 0) is 49.2 Å². The Bertz CT molecular complexity index is 964. The summed E-state index contributed by atoms with van der Waals surface area (Å²) in [6, 6.07) is 9.48. The summed E-state index contributed by atoms with van der Waals surface area (Å²) in [5.41, 5.74) is 0.681. The Morgan fingerprint density at radius 2 is 1.76 bits per heavy atom. The number of benzene rings is 2. The molecule has 2 aromatic carbocycles. The summed E-state index contributed by atoms with van der Waals surface area (Å²) in [6.07, 6.45) is 1.12. The van der Waals surface area contributed by atoms with Crippen LogP contribution in [0, 0.1) is 23.5 Å². The average Bonchev–Trinajstić information content (AvgIpc) is 2.65. The zero-order valence-electron chi connectivity index (χ0n) is 15.2. The van der Waals surface area contributed by atoms with Gasteiger partial charge in [-0.3, -0.25) is 9.59 Å². The van der Waals surface area contributed by atoms with E-state index < -0.39 is 23.4 Å². The lowest BCUT2D eigenvalue weighted by Crippen LogP contribution is -2.54. The van der Waals surface area contributed by atoms with Crippen molar-refractivity contribution >= 4 is 23.4 Å². The minimum atomic E-state index is -0.871. The van der Waals surface area contributed by atoms with E-state index in [1.54, 1.807) is 24.3 Å². The summed E-state index contributed by atoms with van der Waals surface area (Å²) in [5, 5.41) is 6.08. The van der Waals surface area contributed by atoms with Gasteiger partial charge in [0.15, 0.2) is 18.2 Å². The van der Waals surface area contributed by atoms with Crippen LogP contribution >= 0.6 is 11.6 Å². The quantitative estimate of drug-likeness (QED) is 0.734. The molecule has 8 heteroatoms. The Hall–Kier alpha value is -3.11. The van der Waals surface area contributed by atoms with Crippen LogP contribution in [0.4, 0.5) is 8.78 Å². The summed E-state index contributed by atoms with van der Waals surface area (Å²) in [6.45, 7) is -0.386. The molecule has 1 fully saturated rings. The number of nitrogens with one attached hydrogen (secondary N) is 2. The van der Waals surface area contributed by atoms with Crippen LogP contribution in [0.15, 0.2) is 42.5 Å². The molecule has 1 saturated carbocycles. The molecule has 0 bridgehead atoms. The Morgan fingerprint density at radius 1 is 1.07 bits per heavy atom. The Labute approximate surface area is 171 Å². The van der Waals surface area contributed by atoms with Crippen LogP contribution < -0.4 is 15.4 Å². The molecule has 1 aliphatic rings. The van der Waals surface area contributed by atoms with E-state index in [1.807, 2.05) is 0 Å². The Kier molecular flexibility index (Phi) is 6.68. The fraction of sp³-hybridized carbons (Fsp3) is 0.238. The van der Waals surface area contributed by atoms with E-state index in [4.69, 9.17) is 16.3 Å². The number of amides is 2. The summed E-state index contributed by atoms with van der Waals surface area (Å²) in [4.78, 5) is 23.7. The molecule has 0 heterocycles. The van der Waals surface area contributed by atoms with E-state index in [-0.39, 0.29) is 24.4 Å². The van der Waals surface area contributed by atoms with Crippen molar-refractivity contribution in [1.82, 2.24) is 10.6 Å². The van der Waals surface area contributed by atoms with Crippen molar-refractivity contribution in [3.63, 3.8) is 0 Å². The maximum absolute atomic E-state index is 13.4. The minimum Gasteiger partial charge on any atom is -0.481 e. The first-order valence-electron chi connectivity index (χ1n) is 8.84. The van der Waals surface area contributed by atoms with Crippen molar-refractivity contribution in [1.29, 1.82) is 0 Å². The highest BCUT2D eigenvalue weighted by molar-refractivity contribution is 6.30. The SMILES string of the molecule is O=C(C#Cc1ccc(Cl)cc1)NC1CC(NC(=O)COc2ccc(F)cc2F)C1. The second-order valence-electron chi connectivity index (χ2n) is 6.53. The highest BCUT2D eigenvalue weighted by Crippen LogP contribution is 2.20. The van der Waals surface area contributed by atoms with Gasteiger partial charge in [-0.15, -0.1) is 0 Å². The molecule has 0 spiro atoms. The molecule has 0 radical (unpaired) electrons. The number of rotatable bonds is 5. The van der Waals surface area contributed by atoms with E-state index in [2.05, 4.69) is 22.5 Å². The highest BCUT2D eigenvalue weighted by Gasteiger charge is 2.31. The fourth-order valence-electron chi connectivity index (χ4n) is 2.74. The van der Waals surface area contributed by atoms with Crippen molar-refractivity contribution in [2.24, 2.45) is 0 Å². The van der Waals surface area contributed by atoms with E-state index in [1.165, 1.54) is 0 Å². The normalized spacial score (nSPS) is 17.3. The monoisotopic (exact) mass is 418 g/mol. The molecule has 29 heavy (non-hydrogen) atoms. The Balaban J connectivity index is 1.36. The lowest BCUT2D eigenvalue weighted by molar-refractivity contribution is -0.124. The summed E-state index contributed by atoms with van der Waals surface area (Å²) < 4.78 is 31.3. The summed E-state index contributed by atoms with van der Waals surface area (Å²) in [5.74, 6) is 2.64. The third-order valence-electron chi connectivity index (χ3n) is 4.26. The largest absolute Gasteiger partial charge is 0.481 e. The molecule has 0 saturated heterocycles. The molecule has 2 amide bonds. The molecule has 3 rings (SSSR count). The van der Waals surface area contributed by atoms with Crippen molar-refractivity contribution in [2.75, 3.05) is 6.61 Å².